The standard InChI is InChI=1S/C15H17NO2S/c1-4-18-14-8-6-5-7-13(14)16-15(17)12-9-10(2)19-11(12)3/h5-9H,4H2,1-3H3,(H,16,17). The van der Waals surface area contributed by atoms with Crippen molar-refractivity contribution in [2.45, 2.75) is 20.8 Å². The summed E-state index contributed by atoms with van der Waals surface area (Å²) in [4.78, 5) is 14.4. The van der Waals surface area contributed by atoms with Crippen molar-refractivity contribution in [2.75, 3.05) is 11.9 Å². The summed E-state index contributed by atoms with van der Waals surface area (Å²) in [7, 11) is 0. The number of thiophene rings is 1. The molecule has 1 heterocycles. The molecule has 1 amide bonds. The van der Waals surface area contributed by atoms with Crippen LogP contribution in [0.25, 0.3) is 0 Å². The number of nitrogens with one attached hydrogen (secondary N) is 1. The Kier molecular flexibility index (Phi) is 4.22. The average molecular weight is 275 g/mol. The van der Waals surface area contributed by atoms with Crippen molar-refractivity contribution >= 4 is 22.9 Å². The lowest BCUT2D eigenvalue weighted by Gasteiger charge is -2.11. The van der Waals surface area contributed by atoms with Crippen LogP contribution in [-0.4, -0.2) is 12.5 Å². The molecule has 0 aliphatic carbocycles. The van der Waals surface area contributed by atoms with Crippen LogP contribution in [0.3, 0.4) is 0 Å². The highest BCUT2D eigenvalue weighted by Crippen LogP contribution is 2.26. The van der Waals surface area contributed by atoms with Crippen LogP contribution in [0.1, 0.15) is 27.0 Å². The molecule has 0 spiro atoms. The van der Waals surface area contributed by atoms with Crippen molar-refractivity contribution in [3.05, 3.63) is 45.6 Å². The lowest BCUT2D eigenvalue weighted by atomic mass is 10.2. The molecule has 2 aromatic rings. The molecule has 0 bridgehead atoms. The van der Waals surface area contributed by atoms with Crippen LogP contribution in [-0.2, 0) is 0 Å². The SMILES string of the molecule is CCOc1ccccc1NC(=O)c1cc(C)sc1C. The Bertz CT molecular complexity index is 590. The molecule has 3 nitrogen and oxygen atoms in total. The van der Waals surface area contributed by atoms with E-state index < -0.39 is 0 Å². The van der Waals surface area contributed by atoms with Gasteiger partial charge in [0.25, 0.3) is 5.91 Å². The van der Waals surface area contributed by atoms with Gasteiger partial charge in [-0.2, -0.15) is 0 Å². The van der Waals surface area contributed by atoms with Gasteiger partial charge in [-0.1, -0.05) is 12.1 Å². The number of aryl methyl sites for hydroxylation is 2. The van der Waals surface area contributed by atoms with E-state index in [2.05, 4.69) is 5.32 Å². The van der Waals surface area contributed by atoms with Gasteiger partial charge in [0.05, 0.1) is 17.9 Å². The van der Waals surface area contributed by atoms with Crippen molar-refractivity contribution in [2.24, 2.45) is 0 Å². The van der Waals surface area contributed by atoms with E-state index >= 15 is 0 Å². The van der Waals surface area contributed by atoms with Gasteiger partial charge in [-0.15, -0.1) is 11.3 Å². The molecule has 1 aromatic heterocycles. The molecule has 19 heavy (non-hydrogen) atoms. The van der Waals surface area contributed by atoms with E-state index in [4.69, 9.17) is 4.74 Å². The maximum Gasteiger partial charge on any atom is 0.256 e. The van der Waals surface area contributed by atoms with Gasteiger partial charge in [-0.25, -0.2) is 0 Å². The number of rotatable bonds is 4. The van der Waals surface area contributed by atoms with Crippen LogP contribution in [0.4, 0.5) is 5.69 Å². The summed E-state index contributed by atoms with van der Waals surface area (Å²) in [6.45, 7) is 6.46. The second kappa shape index (κ2) is 5.89. The molecule has 0 saturated carbocycles. The van der Waals surface area contributed by atoms with E-state index in [0.717, 1.165) is 15.3 Å². The summed E-state index contributed by atoms with van der Waals surface area (Å²) in [5, 5.41) is 2.91. The Morgan fingerprint density at radius 3 is 2.68 bits per heavy atom. The molecule has 0 aliphatic rings. The highest BCUT2D eigenvalue weighted by Gasteiger charge is 2.13. The van der Waals surface area contributed by atoms with Crippen molar-refractivity contribution in [3.8, 4) is 5.75 Å². The molecule has 0 radical (unpaired) electrons. The number of hydrogen-bond donors (Lipinski definition) is 1. The fraction of sp³-hybridized carbons (Fsp3) is 0.267. The quantitative estimate of drug-likeness (QED) is 0.915. The number of benzene rings is 1. The molecule has 0 aliphatic heterocycles. The Morgan fingerprint density at radius 1 is 1.32 bits per heavy atom. The van der Waals surface area contributed by atoms with Crippen LogP contribution in [0, 0.1) is 13.8 Å². The van der Waals surface area contributed by atoms with Crippen LogP contribution < -0.4 is 10.1 Å². The molecule has 0 saturated heterocycles. The third kappa shape index (κ3) is 3.15. The average Bonchev–Trinajstić information content (AvgIpc) is 2.71. The van der Waals surface area contributed by atoms with Gasteiger partial charge in [0.1, 0.15) is 5.75 Å². The van der Waals surface area contributed by atoms with E-state index in [9.17, 15) is 4.79 Å². The van der Waals surface area contributed by atoms with Gasteiger partial charge in [-0.3, -0.25) is 4.79 Å². The molecule has 0 atom stereocenters. The van der Waals surface area contributed by atoms with Gasteiger partial charge >= 0.3 is 0 Å². The number of ether oxygens (including phenoxy) is 1. The van der Waals surface area contributed by atoms with Crippen LogP contribution in [0.2, 0.25) is 0 Å². The Morgan fingerprint density at radius 2 is 2.05 bits per heavy atom. The van der Waals surface area contributed by atoms with Crippen molar-refractivity contribution in [3.63, 3.8) is 0 Å². The van der Waals surface area contributed by atoms with Crippen molar-refractivity contribution < 1.29 is 9.53 Å². The fourth-order valence-corrected chi connectivity index (χ4v) is 2.82. The Labute approximate surface area is 117 Å². The Balaban J connectivity index is 2.21. The molecule has 0 fully saturated rings. The smallest absolute Gasteiger partial charge is 0.256 e. The second-order valence-corrected chi connectivity index (χ2v) is 5.67. The van der Waals surface area contributed by atoms with Crippen LogP contribution in [0.15, 0.2) is 30.3 Å². The molecule has 0 unspecified atom stereocenters. The predicted octanol–water partition coefficient (Wildman–Crippen LogP) is 4.02. The van der Waals surface area contributed by atoms with Gasteiger partial charge in [0.2, 0.25) is 0 Å². The zero-order valence-corrected chi connectivity index (χ0v) is 12.1. The van der Waals surface area contributed by atoms with Gasteiger partial charge in [0, 0.05) is 9.75 Å². The van der Waals surface area contributed by atoms with Gasteiger partial charge in [-0.05, 0) is 39.0 Å². The summed E-state index contributed by atoms with van der Waals surface area (Å²) in [5.41, 5.74) is 1.44. The van der Waals surface area contributed by atoms with E-state index in [0.29, 0.717) is 18.0 Å². The predicted molar refractivity (Wildman–Crippen MR) is 79.4 cm³/mol. The van der Waals surface area contributed by atoms with E-state index in [1.807, 2.05) is 51.1 Å². The summed E-state index contributed by atoms with van der Waals surface area (Å²) in [6.07, 6.45) is 0. The molecular weight excluding hydrogens is 258 g/mol. The van der Waals surface area contributed by atoms with E-state index in [1.54, 1.807) is 11.3 Å². The number of anilines is 1. The third-order valence-electron chi connectivity index (χ3n) is 2.72. The molecule has 1 N–H and O–H groups in total. The second-order valence-electron chi connectivity index (χ2n) is 4.21. The number of carbonyl (C=O) groups is 1. The molecule has 1 aromatic carbocycles. The third-order valence-corrected chi connectivity index (χ3v) is 3.69. The van der Waals surface area contributed by atoms with Gasteiger partial charge in [0.15, 0.2) is 0 Å². The van der Waals surface area contributed by atoms with Crippen molar-refractivity contribution in [1.29, 1.82) is 0 Å². The fourth-order valence-electron chi connectivity index (χ4n) is 1.90. The summed E-state index contributed by atoms with van der Waals surface area (Å²) < 4.78 is 5.50. The van der Waals surface area contributed by atoms with E-state index in [-0.39, 0.29) is 5.91 Å². The normalized spacial score (nSPS) is 10.3. The zero-order chi connectivity index (χ0) is 13.8. The molecule has 100 valence electrons. The number of hydrogen-bond acceptors (Lipinski definition) is 3. The maximum absolute atomic E-state index is 12.2. The first-order valence-electron chi connectivity index (χ1n) is 6.22. The van der Waals surface area contributed by atoms with Crippen LogP contribution >= 0.6 is 11.3 Å². The summed E-state index contributed by atoms with van der Waals surface area (Å²) in [6, 6.07) is 9.38. The molecule has 4 heteroatoms. The molecule has 2 rings (SSSR count). The zero-order valence-electron chi connectivity index (χ0n) is 11.3. The molecular formula is C15H17NO2S. The van der Waals surface area contributed by atoms with E-state index in [1.165, 1.54) is 0 Å². The first-order valence-corrected chi connectivity index (χ1v) is 7.03. The van der Waals surface area contributed by atoms with Gasteiger partial charge < -0.3 is 10.1 Å². The highest BCUT2D eigenvalue weighted by atomic mass is 32.1. The van der Waals surface area contributed by atoms with Crippen molar-refractivity contribution in [1.82, 2.24) is 0 Å². The number of para-hydroxylation sites is 2. The minimum Gasteiger partial charge on any atom is -0.492 e. The number of carbonyl (C=O) groups excluding carboxylic acids is 1. The monoisotopic (exact) mass is 275 g/mol. The number of amides is 1. The minimum atomic E-state index is -0.0889. The summed E-state index contributed by atoms with van der Waals surface area (Å²) >= 11 is 1.63. The highest BCUT2D eigenvalue weighted by molar-refractivity contribution is 7.12. The largest absolute Gasteiger partial charge is 0.492 e. The minimum absolute atomic E-state index is 0.0889. The summed E-state index contributed by atoms with van der Waals surface area (Å²) in [5.74, 6) is 0.608. The first kappa shape index (κ1) is 13.6. The first-order chi connectivity index (χ1) is 9.11. The topological polar surface area (TPSA) is 38.3 Å². The maximum atomic E-state index is 12.2. The van der Waals surface area contributed by atoms with Crippen LogP contribution in [0.5, 0.6) is 5.75 Å². The lowest BCUT2D eigenvalue weighted by molar-refractivity contribution is 0.102. The Hall–Kier alpha value is -1.81. The lowest BCUT2D eigenvalue weighted by Crippen LogP contribution is -2.13.